The van der Waals surface area contributed by atoms with Crippen LogP contribution in [0.25, 0.3) is 0 Å². The van der Waals surface area contributed by atoms with Gasteiger partial charge in [0.2, 0.25) is 22.8 Å². The van der Waals surface area contributed by atoms with Crippen molar-refractivity contribution in [3.63, 3.8) is 0 Å². The number of hydrogen-bond donors (Lipinski definition) is 5. The first-order chi connectivity index (χ1) is 21.2. The smallest absolute Gasteiger partial charge is 0.352 e. The number of anilines is 1. The minimum Gasteiger partial charge on any atom is -0.478 e. The third kappa shape index (κ3) is 6.34. The van der Waals surface area contributed by atoms with Gasteiger partial charge >= 0.3 is 11.9 Å². The fourth-order valence-corrected chi connectivity index (χ4v) is 7.04. The van der Waals surface area contributed by atoms with Gasteiger partial charge < -0.3 is 31.8 Å². The van der Waals surface area contributed by atoms with E-state index in [1.807, 2.05) is 0 Å². The number of nitrogen functional groups attached to an aromatic ring is 1. The summed E-state index contributed by atoms with van der Waals surface area (Å²) >= 11 is 3.23. The van der Waals surface area contributed by atoms with Crippen molar-refractivity contribution in [1.29, 1.82) is 0 Å². The summed E-state index contributed by atoms with van der Waals surface area (Å²) in [7, 11) is 0. The quantitative estimate of drug-likeness (QED) is 0.0645. The molecule has 0 spiro atoms. The van der Waals surface area contributed by atoms with Gasteiger partial charge in [0.1, 0.15) is 17.1 Å². The second-order valence-corrected chi connectivity index (χ2v) is 11.8. The number of nitrogens with two attached hydrogens (primary N) is 2. The number of carboxylic acids is 2. The van der Waals surface area contributed by atoms with Crippen molar-refractivity contribution in [1.82, 2.24) is 39.8 Å². The Hall–Kier alpha value is -4.60. The molecule has 5 rings (SSSR count). The lowest BCUT2D eigenvalue weighted by molar-refractivity contribution is -0.151. The summed E-state index contributed by atoms with van der Waals surface area (Å²) in [5.74, 6) is -4.08. The van der Waals surface area contributed by atoms with Crippen molar-refractivity contribution < 1.29 is 34.2 Å². The Morgan fingerprint density at radius 3 is 2.68 bits per heavy atom. The number of fused-ring (bicyclic) bond motifs is 1. The molecule has 7 N–H and O–H groups in total. The molecule has 230 valence electrons. The van der Waals surface area contributed by atoms with Crippen LogP contribution in [0.2, 0.25) is 0 Å². The van der Waals surface area contributed by atoms with E-state index in [1.165, 1.54) is 40.3 Å². The molecule has 44 heavy (non-hydrogen) atoms. The molecule has 0 saturated carbocycles. The van der Waals surface area contributed by atoms with Crippen LogP contribution in [0.4, 0.5) is 5.13 Å². The Balaban J connectivity index is 1.33. The largest absolute Gasteiger partial charge is 0.478 e. The lowest BCUT2D eigenvalue weighted by Gasteiger charge is -2.49. The molecule has 2 amide bonds. The number of oxime groups is 1. The van der Waals surface area contributed by atoms with Gasteiger partial charge in [0.15, 0.2) is 5.13 Å². The van der Waals surface area contributed by atoms with Crippen molar-refractivity contribution in [3.05, 3.63) is 53.0 Å². The molecular weight excluding hydrogens is 639 g/mol. The standard InChI is InChI=1S/C23H23N11O7S3/c24-6-7-33-23(28-31-32-33)43-9-11-8-42-19-13(18(36)34(19)14(11)20(37)38)26-17(35)12(16-27-22(25)44-30-16)29-41-15(21(39)40)10-4-2-1-3-5-10/h1-5,13,15,19H,6-9,24H2,(H,26,35)(H,37,38)(H,39,40)(H2,25,27,30)/b29-12+/t13?,15?,19-/m1/s1. The summed E-state index contributed by atoms with van der Waals surface area (Å²) in [4.78, 5) is 61.0. The topological polar surface area (TPSA) is 267 Å². The van der Waals surface area contributed by atoms with Crippen LogP contribution < -0.4 is 16.8 Å². The van der Waals surface area contributed by atoms with E-state index in [0.29, 0.717) is 23.8 Å². The Labute approximate surface area is 260 Å². The molecule has 0 aliphatic carbocycles. The summed E-state index contributed by atoms with van der Waals surface area (Å²) in [5, 5.41) is 37.0. The molecule has 2 aromatic heterocycles. The first kappa shape index (κ1) is 30.8. The number of rotatable bonds is 13. The van der Waals surface area contributed by atoms with Gasteiger partial charge in [0, 0.05) is 35.1 Å². The van der Waals surface area contributed by atoms with Gasteiger partial charge in [-0.25, -0.2) is 14.3 Å². The zero-order valence-electron chi connectivity index (χ0n) is 22.3. The fraction of sp³-hybridized carbons (Fsp3) is 0.304. The summed E-state index contributed by atoms with van der Waals surface area (Å²) in [5.41, 5.74) is 11.3. The van der Waals surface area contributed by atoms with Gasteiger partial charge in [-0.1, -0.05) is 47.2 Å². The predicted octanol–water partition coefficient (Wildman–Crippen LogP) is -0.857. The van der Waals surface area contributed by atoms with Crippen LogP contribution in [0.1, 0.15) is 17.5 Å². The molecule has 21 heteroatoms. The van der Waals surface area contributed by atoms with E-state index in [1.54, 1.807) is 18.2 Å². The molecule has 1 fully saturated rings. The predicted molar refractivity (Wildman–Crippen MR) is 156 cm³/mol. The number of aromatic nitrogens is 6. The molecule has 18 nitrogen and oxygen atoms in total. The number of hydrogen-bond acceptors (Lipinski definition) is 16. The number of carbonyl (C=O) groups is 4. The molecule has 0 bridgehead atoms. The lowest BCUT2D eigenvalue weighted by atomic mass is 10.0. The maximum Gasteiger partial charge on any atom is 0.352 e. The minimum atomic E-state index is -1.57. The maximum atomic E-state index is 13.4. The molecule has 2 aliphatic heterocycles. The van der Waals surface area contributed by atoms with Crippen LogP contribution in [-0.2, 0) is 30.6 Å². The Morgan fingerprint density at radius 1 is 1.25 bits per heavy atom. The van der Waals surface area contributed by atoms with E-state index >= 15 is 0 Å². The van der Waals surface area contributed by atoms with E-state index in [-0.39, 0.29) is 33.7 Å². The zero-order chi connectivity index (χ0) is 31.4. The Bertz CT molecular complexity index is 1640. The Kier molecular flexibility index (Phi) is 9.37. The van der Waals surface area contributed by atoms with Crippen LogP contribution >= 0.6 is 35.1 Å². The van der Waals surface area contributed by atoms with Crippen molar-refractivity contribution in [2.45, 2.75) is 29.2 Å². The second-order valence-electron chi connectivity index (χ2n) is 9.01. The van der Waals surface area contributed by atoms with Crippen molar-refractivity contribution >= 4 is 69.7 Å². The highest BCUT2D eigenvalue weighted by molar-refractivity contribution is 8.01. The number of β-lactam (4-membered cyclic amide) rings is 1. The normalized spacial score (nSPS) is 18.8. The zero-order valence-corrected chi connectivity index (χ0v) is 24.8. The number of benzene rings is 1. The number of thioether (sulfide) groups is 2. The molecule has 3 atom stereocenters. The Morgan fingerprint density at radius 2 is 2.02 bits per heavy atom. The summed E-state index contributed by atoms with van der Waals surface area (Å²) < 4.78 is 5.46. The molecule has 3 aromatic rings. The van der Waals surface area contributed by atoms with E-state index in [4.69, 9.17) is 16.3 Å². The number of amides is 2. The molecule has 4 heterocycles. The monoisotopic (exact) mass is 661 g/mol. The van der Waals surface area contributed by atoms with E-state index in [0.717, 1.165) is 16.4 Å². The summed E-state index contributed by atoms with van der Waals surface area (Å²) in [6.45, 7) is 0.692. The van der Waals surface area contributed by atoms with Crippen molar-refractivity contribution in [3.8, 4) is 0 Å². The molecule has 1 saturated heterocycles. The van der Waals surface area contributed by atoms with Gasteiger partial charge in [-0.15, -0.1) is 16.9 Å². The number of carboxylic acid groups (broad SMARTS) is 2. The average molecular weight is 662 g/mol. The molecular formula is C23H23N11O7S3. The van der Waals surface area contributed by atoms with Gasteiger partial charge in [-0.2, -0.15) is 9.36 Å². The number of carbonyl (C=O) groups excluding carboxylic acids is 2. The highest BCUT2D eigenvalue weighted by Crippen LogP contribution is 2.41. The van der Waals surface area contributed by atoms with Gasteiger partial charge in [-0.05, 0) is 16.0 Å². The first-order valence-electron chi connectivity index (χ1n) is 12.6. The molecule has 0 radical (unpaired) electrons. The SMILES string of the molecule is NCCn1nnnc1SCC1=C(C(=O)O)N2C(=O)C(NC(=O)/C(=N/OC(C(=O)O)c3ccccc3)c3nsc(N)n3)[C@H]2SC1. The van der Waals surface area contributed by atoms with Crippen LogP contribution in [-0.4, -0.2) is 104 Å². The van der Waals surface area contributed by atoms with E-state index in [9.17, 15) is 29.4 Å². The van der Waals surface area contributed by atoms with E-state index < -0.39 is 47.0 Å². The summed E-state index contributed by atoms with van der Waals surface area (Å²) in [6, 6.07) is 6.81. The molecule has 2 unspecified atom stereocenters. The van der Waals surface area contributed by atoms with Gasteiger partial charge in [0.05, 0.1) is 6.54 Å². The van der Waals surface area contributed by atoms with Crippen LogP contribution in [0.3, 0.4) is 0 Å². The second kappa shape index (κ2) is 13.4. The van der Waals surface area contributed by atoms with Crippen molar-refractivity contribution in [2.24, 2.45) is 10.9 Å². The highest BCUT2D eigenvalue weighted by atomic mass is 32.2. The lowest BCUT2D eigenvalue weighted by Crippen LogP contribution is -2.71. The first-order valence-corrected chi connectivity index (χ1v) is 15.4. The maximum absolute atomic E-state index is 13.4. The summed E-state index contributed by atoms with van der Waals surface area (Å²) in [6.07, 6.45) is -1.57. The van der Waals surface area contributed by atoms with Crippen LogP contribution in [0, 0.1) is 0 Å². The number of tetrazole rings is 1. The molecule has 1 aromatic carbocycles. The number of nitrogens with one attached hydrogen (secondary N) is 1. The number of nitrogens with zero attached hydrogens (tertiary/aromatic N) is 8. The minimum absolute atomic E-state index is 0.00534. The van der Waals surface area contributed by atoms with Gasteiger partial charge in [0.25, 0.3) is 11.8 Å². The van der Waals surface area contributed by atoms with Gasteiger partial charge in [-0.3, -0.25) is 14.5 Å². The third-order valence-electron chi connectivity index (χ3n) is 6.20. The van der Waals surface area contributed by atoms with Crippen molar-refractivity contribution in [2.75, 3.05) is 23.8 Å². The fourth-order valence-electron chi connectivity index (χ4n) is 4.22. The third-order valence-corrected chi connectivity index (χ3v) is 9.12. The number of aliphatic carboxylic acids is 2. The highest BCUT2D eigenvalue weighted by Gasteiger charge is 2.54. The molecule has 2 aliphatic rings. The van der Waals surface area contributed by atoms with Crippen LogP contribution in [0.15, 0.2) is 51.9 Å². The van der Waals surface area contributed by atoms with E-state index in [2.05, 4.69) is 35.4 Å². The average Bonchev–Trinajstić information content (AvgIpc) is 3.65. The van der Waals surface area contributed by atoms with Crippen LogP contribution in [0.5, 0.6) is 0 Å².